The number of rotatable bonds is 4. The quantitative estimate of drug-likeness (QED) is 0.838. The van der Waals surface area contributed by atoms with Crippen molar-refractivity contribution in [2.24, 2.45) is 5.92 Å². The largest absolute Gasteiger partial charge is 0.497 e. The normalized spacial score (nSPS) is 19.3. The molecule has 2 amide bonds. The summed E-state index contributed by atoms with van der Waals surface area (Å²) in [4.78, 5) is 27.5. The van der Waals surface area contributed by atoms with Gasteiger partial charge < -0.3 is 20.3 Å². The van der Waals surface area contributed by atoms with Gasteiger partial charge >= 0.3 is 0 Å². The molecule has 0 unspecified atom stereocenters. The lowest BCUT2D eigenvalue weighted by atomic mass is 9.92. The van der Waals surface area contributed by atoms with Gasteiger partial charge in [0.1, 0.15) is 5.75 Å². The van der Waals surface area contributed by atoms with Gasteiger partial charge in [-0.1, -0.05) is 30.3 Å². The minimum absolute atomic E-state index is 0.00932. The van der Waals surface area contributed by atoms with Crippen molar-refractivity contribution in [2.75, 3.05) is 25.5 Å². The first-order chi connectivity index (χ1) is 14.1. The van der Waals surface area contributed by atoms with Crippen LogP contribution in [0.3, 0.4) is 0 Å². The summed E-state index contributed by atoms with van der Waals surface area (Å²) in [5.74, 6) is 0.788. The number of nitrogens with zero attached hydrogens (tertiary/aromatic N) is 1. The lowest BCUT2D eigenvalue weighted by molar-refractivity contribution is -0.136. The summed E-state index contributed by atoms with van der Waals surface area (Å²) >= 11 is 0. The van der Waals surface area contributed by atoms with E-state index in [0.717, 1.165) is 18.7 Å². The van der Waals surface area contributed by atoms with Gasteiger partial charge in [0, 0.05) is 37.3 Å². The Morgan fingerprint density at radius 2 is 1.83 bits per heavy atom. The fourth-order valence-corrected chi connectivity index (χ4v) is 4.16. The van der Waals surface area contributed by atoms with Crippen LogP contribution in [-0.4, -0.2) is 43.0 Å². The Morgan fingerprint density at radius 3 is 2.59 bits per heavy atom. The first-order valence-corrected chi connectivity index (χ1v) is 10.2. The predicted molar refractivity (Wildman–Crippen MR) is 112 cm³/mol. The van der Waals surface area contributed by atoms with Gasteiger partial charge in [0.25, 0.3) is 0 Å². The molecule has 2 aromatic rings. The Morgan fingerprint density at radius 1 is 1.07 bits per heavy atom. The van der Waals surface area contributed by atoms with Crippen LogP contribution in [0.2, 0.25) is 0 Å². The highest BCUT2D eigenvalue weighted by Gasteiger charge is 2.32. The second kappa shape index (κ2) is 8.66. The molecule has 0 radical (unpaired) electrons. The number of benzene rings is 2. The summed E-state index contributed by atoms with van der Waals surface area (Å²) in [7, 11) is 1.60. The van der Waals surface area contributed by atoms with E-state index in [9.17, 15) is 9.59 Å². The van der Waals surface area contributed by atoms with E-state index in [1.165, 1.54) is 11.1 Å². The van der Waals surface area contributed by atoms with Gasteiger partial charge in [0.05, 0.1) is 13.2 Å². The van der Waals surface area contributed by atoms with E-state index >= 15 is 0 Å². The summed E-state index contributed by atoms with van der Waals surface area (Å²) in [6.07, 6.45) is 2.10. The molecule has 0 bridgehead atoms. The topological polar surface area (TPSA) is 70.7 Å². The molecule has 2 heterocycles. The molecule has 2 aliphatic heterocycles. The zero-order valence-electron chi connectivity index (χ0n) is 16.7. The second-order valence-electron chi connectivity index (χ2n) is 7.73. The standard InChI is InChI=1S/C23H27N3O3/c1-29-20-8-4-7-19(14-20)25-22(27)16-9-11-26(12-10-16)23(28)21-13-17-5-2-3-6-18(17)15-24-21/h2-8,14,16,21,24H,9-13,15H2,1H3,(H,25,27)/t21-/m1/s1. The van der Waals surface area contributed by atoms with Crippen molar-refractivity contribution < 1.29 is 14.3 Å². The molecule has 0 spiro atoms. The molecule has 2 aromatic carbocycles. The van der Waals surface area contributed by atoms with Crippen molar-refractivity contribution in [3.8, 4) is 5.75 Å². The maximum absolute atomic E-state index is 13.0. The van der Waals surface area contributed by atoms with Crippen LogP contribution in [0.1, 0.15) is 24.0 Å². The molecule has 152 valence electrons. The maximum Gasteiger partial charge on any atom is 0.240 e. The number of piperidine rings is 1. The zero-order chi connectivity index (χ0) is 20.2. The van der Waals surface area contributed by atoms with Crippen molar-refractivity contribution in [1.29, 1.82) is 0 Å². The van der Waals surface area contributed by atoms with Crippen LogP contribution in [0.4, 0.5) is 5.69 Å². The Bertz CT molecular complexity index is 890. The van der Waals surface area contributed by atoms with Crippen molar-refractivity contribution in [1.82, 2.24) is 10.2 Å². The van der Waals surface area contributed by atoms with E-state index in [-0.39, 0.29) is 23.8 Å². The van der Waals surface area contributed by atoms with Crippen molar-refractivity contribution >= 4 is 17.5 Å². The molecule has 0 aromatic heterocycles. The monoisotopic (exact) mass is 393 g/mol. The molecule has 1 fully saturated rings. The van der Waals surface area contributed by atoms with Gasteiger partial charge in [0.15, 0.2) is 0 Å². The lowest BCUT2D eigenvalue weighted by Gasteiger charge is -2.35. The van der Waals surface area contributed by atoms with Crippen molar-refractivity contribution in [3.05, 3.63) is 59.7 Å². The number of ether oxygens (including phenoxy) is 1. The van der Waals surface area contributed by atoms with Crippen LogP contribution in [0.15, 0.2) is 48.5 Å². The number of carbonyl (C=O) groups excluding carboxylic acids is 2. The number of likely N-dealkylation sites (tertiary alicyclic amines) is 1. The van der Waals surface area contributed by atoms with Crippen LogP contribution in [0, 0.1) is 5.92 Å². The maximum atomic E-state index is 13.0. The number of anilines is 1. The Kier molecular flexibility index (Phi) is 5.81. The predicted octanol–water partition coefficient (Wildman–Crippen LogP) is 2.59. The Hall–Kier alpha value is -2.86. The van der Waals surface area contributed by atoms with Crippen LogP contribution < -0.4 is 15.4 Å². The SMILES string of the molecule is COc1cccc(NC(=O)C2CCN(C(=O)[C@H]3Cc4ccccc4CN3)CC2)c1. The van der Waals surface area contributed by atoms with Gasteiger partial charge in [-0.3, -0.25) is 9.59 Å². The summed E-state index contributed by atoms with van der Waals surface area (Å²) in [6, 6.07) is 15.5. The average molecular weight is 393 g/mol. The van der Waals surface area contributed by atoms with E-state index in [1.807, 2.05) is 41.3 Å². The van der Waals surface area contributed by atoms with Gasteiger partial charge in [-0.05, 0) is 42.5 Å². The number of hydrogen-bond acceptors (Lipinski definition) is 4. The highest BCUT2D eigenvalue weighted by molar-refractivity contribution is 5.93. The van der Waals surface area contributed by atoms with Crippen LogP contribution in [-0.2, 0) is 22.6 Å². The van der Waals surface area contributed by atoms with Crippen LogP contribution >= 0.6 is 0 Å². The van der Waals surface area contributed by atoms with E-state index < -0.39 is 0 Å². The third kappa shape index (κ3) is 4.43. The van der Waals surface area contributed by atoms with E-state index in [4.69, 9.17) is 4.74 Å². The van der Waals surface area contributed by atoms with E-state index in [1.54, 1.807) is 7.11 Å². The zero-order valence-corrected chi connectivity index (χ0v) is 16.7. The highest BCUT2D eigenvalue weighted by atomic mass is 16.5. The van der Waals surface area contributed by atoms with Gasteiger partial charge in [-0.25, -0.2) is 0 Å². The first-order valence-electron chi connectivity index (χ1n) is 10.2. The third-order valence-corrected chi connectivity index (χ3v) is 5.89. The lowest BCUT2D eigenvalue weighted by Crippen LogP contribution is -2.52. The summed E-state index contributed by atoms with van der Waals surface area (Å²) in [6.45, 7) is 1.97. The van der Waals surface area contributed by atoms with E-state index in [0.29, 0.717) is 31.7 Å². The molecule has 1 saturated heterocycles. The Balaban J connectivity index is 1.30. The minimum atomic E-state index is -0.174. The highest BCUT2D eigenvalue weighted by Crippen LogP contribution is 2.23. The molecule has 0 saturated carbocycles. The van der Waals surface area contributed by atoms with Crippen LogP contribution in [0.25, 0.3) is 0 Å². The van der Waals surface area contributed by atoms with Gasteiger partial charge in [-0.2, -0.15) is 0 Å². The smallest absolute Gasteiger partial charge is 0.240 e. The van der Waals surface area contributed by atoms with Gasteiger partial charge in [0.2, 0.25) is 11.8 Å². The average Bonchev–Trinajstić information content (AvgIpc) is 2.78. The first kappa shape index (κ1) is 19.5. The fraction of sp³-hybridized carbons (Fsp3) is 0.391. The number of carbonyl (C=O) groups is 2. The Labute approximate surface area is 171 Å². The molecule has 6 nitrogen and oxygen atoms in total. The number of methoxy groups -OCH3 is 1. The summed E-state index contributed by atoms with van der Waals surface area (Å²) in [5, 5.41) is 6.34. The molecule has 1 atom stereocenters. The van der Waals surface area contributed by atoms with Crippen molar-refractivity contribution in [2.45, 2.75) is 31.8 Å². The number of fused-ring (bicyclic) bond motifs is 1. The molecular formula is C23H27N3O3. The molecule has 6 heteroatoms. The molecule has 29 heavy (non-hydrogen) atoms. The molecular weight excluding hydrogens is 366 g/mol. The van der Waals surface area contributed by atoms with E-state index in [2.05, 4.69) is 22.8 Å². The molecule has 2 N–H and O–H groups in total. The summed E-state index contributed by atoms with van der Waals surface area (Å²) < 4.78 is 5.20. The third-order valence-electron chi connectivity index (χ3n) is 5.89. The minimum Gasteiger partial charge on any atom is -0.497 e. The number of nitrogens with one attached hydrogen (secondary N) is 2. The molecule has 0 aliphatic carbocycles. The van der Waals surface area contributed by atoms with Crippen LogP contribution in [0.5, 0.6) is 5.75 Å². The molecule has 2 aliphatic rings. The van der Waals surface area contributed by atoms with Crippen molar-refractivity contribution in [3.63, 3.8) is 0 Å². The second-order valence-corrected chi connectivity index (χ2v) is 7.73. The summed E-state index contributed by atoms with van der Waals surface area (Å²) in [5.41, 5.74) is 3.25. The van der Waals surface area contributed by atoms with Gasteiger partial charge in [-0.15, -0.1) is 0 Å². The number of amides is 2. The fourth-order valence-electron chi connectivity index (χ4n) is 4.16. The number of hydrogen-bond donors (Lipinski definition) is 2. The molecule has 4 rings (SSSR count).